The fourth-order valence-corrected chi connectivity index (χ4v) is 9.11. The molecule has 0 heterocycles. The Kier molecular flexibility index (Phi) is 16.0. The summed E-state index contributed by atoms with van der Waals surface area (Å²) in [5.41, 5.74) is 8.25. The van der Waals surface area contributed by atoms with E-state index in [-0.39, 0.29) is 0 Å². The summed E-state index contributed by atoms with van der Waals surface area (Å²) >= 11 is -0.826. The second kappa shape index (κ2) is 22.1. The quantitative estimate of drug-likeness (QED) is 0.105. The Morgan fingerprint density at radius 1 is 0.400 bits per heavy atom. The second-order valence-corrected chi connectivity index (χ2v) is 20.0. The largest absolute Gasteiger partial charge is 0.121 e. The Hall–Kier alpha value is -4.82. The third-order valence-corrected chi connectivity index (χ3v) is 11.9. The monoisotopic (exact) mass is 908 g/mol. The number of halogens is 2. The standard InChI is InChI=1S/2C22H19.C12H10Si.2ClH.Zr/c2*1-2-7-16-14-18-10-6-13-21(22(18)15-16)20-12-5-9-17-8-3-4-11-19(17)20;1-3-7-11(8-4-1)13-12-9-5-2-6-10-12;;;/h2*3-6,8-15H,2,7H2,1H3;1-10H;2*1H;/q2*-1;;;;+4/p-2. The molecule has 2 radical (unpaired) electrons. The minimum absolute atomic E-state index is 0.777. The fraction of sp³-hybridized carbons (Fsp3) is 0.107. The molecule has 10 aromatic rings. The Balaban J connectivity index is 0.000000136. The van der Waals surface area contributed by atoms with Crippen molar-refractivity contribution < 1.29 is 20.8 Å². The maximum atomic E-state index is 4.93. The molecule has 0 atom stereocenters. The van der Waals surface area contributed by atoms with Gasteiger partial charge in [-0.1, -0.05) is 206 Å². The van der Waals surface area contributed by atoms with Crippen molar-refractivity contribution in [3.63, 3.8) is 0 Å². The van der Waals surface area contributed by atoms with Gasteiger partial charge in [0.25, 0.3) is 0 Å². The van der Waals surface area contributed by atoms with E-state index in [1.807, 2.05) is 0 Å². The number of hydrogen-bond donors (Lipinski definition) is 0. The summed E-state index contributed by atoms with van der Waals surface area (Å²) in [7, 11) is 10.6. The Labute approximate surface area is 377 Å². The van der Waals surface area contributed by atoms with Gasteiger partial charge in [-0.3, -0.25) is 0 Å². The molecule has 0 aliphatic heterocycles. The number of rotatable bonds is 8. The van der Waals surface area contributed by atoms with Crippen molar-refractivity contribution in [2.75, 3.05) is 0 Å². The van der Waals surface area contributed by atoms with E-state index in [1.54, 1.807) is 0 Å². The maximum Gasteiger partial charge on any atom is 0.121 e. The van der Waals surface area contributed by atoms with Gasteiger partial charge in [-0.15, -0.1) is 69.1 Å². The average Bonchev–Trinajstić information content (AvgIpc) is 3.91. The predicted molar refractivity (Wildman–Crippen MR) is 263 cm³/mol. The molecule has 10 aromatic carbocycles. The summed E-state index contributed by atoms with van der Waals surface area (Å²) < 4.78 is 0. The first-order chi connectivity index (χ1) is 29.6. The van der Waals surface area contributed by atoms with Crippen LogP contribution in [0.4, 0.5) is 0 Å². The van der Waals surface area contributed by atoms with Crippen molar-refractivity contribution >= 4 is 80.0 Å². The summed E-state index contributed by atoms with van der Waals surface area (Å²) in [4.78, 5) is 0. The van der Waals surface area contributed by atoms with E-state index in [2.05, 4.69) is 220 Å². The molecule has 0 nitrogen and oxygen atoms in total. The topological polar surface area (TPSA) is 0 Å². The third-order valence-electron chi connectivity index (χ3n) is 10.7. The molecule has 4 heteroatoms. The maximum absolute atomic E-state index is 4.93. The summed E-state index contributed by atoms with van der Waals surface area (Å²) in [5, 5.41) is 13.5. The molecule has 294 valence electrons. The van der Waals surface area contributed by atoms with Gasteiger partial charge in [-0.05, 0) is 45.5 Å². The van der Waals surface area contributed by atoms with Gasteiger partial charge < -0.3 is 0 Å². The van der Waals surface area contributed by atoms with Crippen LogP contribution in [0.3, 0.4) is 0 Å². The normalized spacial score (nSPS) is 10.6. The Morgan fingerprint density at radius 3 is 1.13 bits per heavy atom. The van der Waals surface area contributed by atoms with Crippen LogP contribution in [0.5, 0.6) is 0 Å². The molecule has 0 spiro atoms. The molecule has 60 heavy (non-hydrogen) atoms. The minimum Gasteiger partial charge on any atom is -0.0631 e. The first kappa shape index (κ1) is 43.3. The molecule has 0 fully saturated rings. The van der Waals surface area contributed by atoms with Crippen LogP contribution in [-0.2, 0) is 33.7 Å². The van der Waals surface area contributed by atoms with Gasteiger partial charge in [-0.25, -0.2) is 0 Å². The number of hydrogen-bond acceptors (Lipinski definition) is 0. The van der Waals surface area contributed by atoms with E-state index < -0.39 is 20.8 Å². The number of fused-ring (bicyclic) bond motifs is 4. The zero-order valence-electron chi connectivity index (χ0n) is 34.2. The summed E-state index contributed by atoms with van der Waals surface area (Å²) in [6.07, 6.45) is 4.70. The van der Waals surface area contributed by atoms with Gasteiger partial charge >= 0.3 is 37.9 Å². The van der Waals surface area contributed by atoms with Crippen molar-refractivity contribution in [2.45, 2.75) is 39.5 Å². The molecular weight excluding hydrogens is 863 g/mol. The number of aryl methyl sites for hydroxylation is 2. The molecule has 0 aromatic heterocycles. The SMILES string of the molecule is CCCc1cc2c(-c3cccc4ccccc34)cccc2[cH-]1.CCCc1cc2c(-c3cccc4ccccc34)cccc2[cH-]1.[Cl][Zr+2][Cl].c1ccc([Si]c2ccccc2)cc1. The van der Waals surface area contributed by atoms with E-state index in [9.17, 15) is 0 Å². The van der Waals surface area contributed by atoms with E-state index in [4.69, 9.17) is 17.0 Å². The minimum atomic E-state index is -0.826. The van der Waals surface area contributed by atoms with E-state index in [0.29, 0.717) is 0 Å². The smallest absolute Gasteiger partial charge is 0.0631 e. The molecule has 0 N–H and O–H groups in total. The van der Waals surface area contributed by atoms with Gasteiger partial charge in [-0.2, -0.15) is 12.1 Å². The van der Waals surface area contributed by atoms with Crippen LogP contribution in [0.1, 0.15) is 37.8 Å². The second-order valence-electron chi connectivity index (χ2n) is 14.8. The van der Waals surface area contributed by atoms with Crippen LogP contribution in [0.2, 0.25) is 0 Å². The van der Waals surface area contributed by atoms with Gasteiger partial charge in [0.15, 0.2) is 0 Å². The first-order valence-electron chi connectivity index (χ1n) is 20.8. The zero-order chi connectivity index (χ0) is 41.5. The van der Waals surface area contributed by atoms with Crippen molar-refractivity contribution in [2.24, 2.45) is 0 Å². The molecule has 0 saturated heterocycles. The summed E-state index contributed by atoms with van der Waals surface area (Å²) in [6.45, 7) is 4.48. The fourth-order valence-electron chi connectivity index (χ4n) is 8.06. The third kappa shape index (κ3) is 10.9. The summed E-state index contributed by atoms with van der Waals surface area (Å²) in [5.74, 6) is 0. The van der Waals surface area contributed by atoms with Crippen molar-refractivity contribution in [1.29, 1.82) is 0 Å². The van der Waals surface area contributed by atoms with Crippen LogP contribution >= 0.6 is 17.0 Å². The molecule has 0 aliphatic carbocycles. The van der Waals surface area contributed by atoms with Crippen molar-refractivity contribution in [1.82, 2.24) is 0 Å². The van der Waals surface area contributed by atoms with Crippen LogP contribution in [-0.4, -0.2) is 9.52 Å². The molecule has 0 unspecified atom stereocenters. The van der Waals surface area contributed by atoms with Crippen LogP contribution in [0.15, 0.2) is 206 Å². The Bertz CT molecular complexity index is 2670. The van der Waals surface area contributed by atoms with Gasteiger partial charge in [0.1, 0.15) is 9.52 Å². The van der Waals surface area contributed by atoms with E-state index in [1.165, 1.54) is 99.7 Å². The van der Waals surface area contributed by atoms with Crippen molar-refractivity contribution in [3.8, 4) is 22.3 Å². The van der Waals surface area contributed by atoms with Gasteiger partial charge in [0.2, 0.25) is 0 Å². The predicted octanol–water partition coefficient (Wildman–Crippen LogP) is 15.4. The molecule has 0 saturated carbocycles. The van der Waals surface area contributed by atoms with Crippen LogP contribution in [0.25, 0.3) is 65.3 Å². The summed E-state index contributed by atoms with van der Waals surface area (Å²) in [6, 6.07) is 74.3. The molecule has 0 amide bonds. The Morgan fingerprint density at radius 2 is 0.733 bits per heavy atom. The van der Waals surface area contributed by atoms with Crippen molar-refractivity contribution in [3.05, 3.63) is 217 Å². The molecule has 0 bridgehead atoms. The van der Waals surface area contributed by atoms with E-state index >= 15 is 0 Å². The molecule has 0 aliphatic rings. The first-order valence-corrected chi connectivity index (χ1v) is 28.1. The van der Waals surface area contributed by atoms with Gasteiger partial charge in [0.05, 0.1) is 0 Å². The average molecular weight is 911 g/mol. The van der Waals surface area contributed by atoms with E-state index in [0.717, 1.165) is 22.4 Å². The zero-order valence-corrected chi connectivity index (χ0v) is 39.2. The number of benzene rings is 8. The molecule has 10 rings (SSSR count). The molecular formula is C56H48Cl2SiZr. The van der Waals surface area contributed by atoms with Crippen LogP contribution < -0.4 is 10.4 Å². The van der Waals surface area contributed by atoms with Gasteiger partial charge in [0, 0.05) is 0 Å². The van der Waals surface area contributed by atoms with Crippen LogP contribution in [0, 0.1) is 0 Å².